The quantitative estimate of drug-likeness (QED) is 0.914. The molecular formula is C19H22N4OS. The maximum absolute atomic E-state index is 12.5. The average molecular weight is 354 g/mol. The summed E-state index contributed by atoms with van der Waals surface area (Å²) in [5.41, 5.74) is 0.399. The molecule has 0 radical (unpaired) electrons. The van der Waals surface area contributed by atoms with Gasteiger partial charge in [-0.05, 0) is 57.2 Å². The highest BCUT2D eigenvalue weighted by Crippen LogP contribution is 2.36. The molecule has 2 aromatic rings. The van der Waals surface area contributed by atoms with Gasteiger partial charge in [0.15, 0.2) is 0 Å². The normalized spacial score (nSPS) is 22.9. The van der Waals surface area contributed by atoms with Crippen molar-refractivity contribution in [3.8, 4) is 6.07 Å². The molecule has 6 heteroatoms. The van der Waals surface area contributed by atoms with E-state index in [-0.39, 0.29) is 11.9 Å². The zero-order valence-electron chi connectivity index (χ0n) is 14.2. The molecule has 1 aromatic carbocycles. The predicted octanol–water partition coefficient (Wildman–Crippen LogP) is 3.39. The Kier molecular flexibility index (Phi) is 4.45. The Hall–Kier alpha value is -1.97. The minimum atomic E-state index is -0.637. The second kappa shape index (κ2) is 6.74. The fourth-order valence-electron chi connectivity index (χ4n) is 4.06. The topological polar surface area (TPSA) is 69.0 Å². The van der Waals surface area contributed by atoms with Gasteiger partial charge in [-0.1, -0.05) is 12.1 Å². The number of aromatic nitrogens is 1. The molecule has 1 atom stereocenters. The summed E-state index contributed by atoms with van der Waals surface area (Å²) in [6.45, 7) is 1.26. The molecule has 1 N–H and O–H groups in total. The van der Waals surface area contributed by atoms with Crippen molar-refractivity contribution in [3.05, 3.63) is 29.3 Å². The van der Waals surface area contributed by atoms with Crippen molar-refractivity contribution in [2.45, 2.75) is 50.1 Å². The van der Waals surface area contributed by atoms with E-state index in [1.807, 2.05) is 18.2 Å². The van der Waals surface area contributed by atoms with Crippen molar-refractivity contribution < 1.29 is 4.79 Å². The van der Waals surface area contributed by atoms with Crippen LogP contribution < -0.4 is 5.32 Å². The highest BCUT2D eigenvalue weighted by atomic mass is 32.1. The summed E-state index contributed by atoms with van der Waals surface area (Å²) >= 11 is 1.73. The van der Waals surface area contributed by atoms with Gasteiger partial charge in [0.25, 0.3) is 0 Å². The first-order valence-corrected chi connectivity index (χ1v) is 9.83. The number of benzene rings is 1. The number of para-hydroxylation sites is 1. The maximum Gasteiger partial charge on any atom is 0.235 e. The lowest BCUT2D eigenvalue weighted by Gasteiger charge is -2.26. The molecule has 25 heavy (non-hydrogen) atoms. The Morgan fingerprint density at radius 1 is 1.36 bits per heavy atom. The molecule has 0 unspecified atom stereocenters. The monoisotopic (exact) mass is 354 g/mol. The van der Waals surface area contributed by atoms with Crippen LogP contribution in [0, 0.1) is 11.3 Å². The molecule has 0 bridgehead atoms. The van der Waals surface area contributed by atoms with E-state index in [2.05, 4.69) is 22.4 Å². The summed E-state index contributed by atoms with van der Waals surface area (Å²) < 4.78 is 1.20. The average Bonchev–Trinajstić information content (AvgIpc) is 3.33. The Morgan fingerprint density at radius 2 is 2.16 bits per heavy atom. The van der Waals surface area contributed by atoms with Crippen LogP contribution in [0.15, 0.2) is 24.3 Å². The van der Waals surface area contributed by atoms with Crippen LogP contribution in [-0.2, 0) is 4.79 Å². The largest absolute Gasteiger partial charge is 0.337 e. The molecule has 1 amide bonds. The highest BCUT2D eigenvalue weighted by Gasteiger charge is 2.37. The van der Waals surface area contributed by atoms with Gasteiger partial charge in [-0.15, -0.1) is 11.3 Å². The minimum absolute atomic E-state index is 0.0311. The molecule has 2 aliphatic rings. The number of nitriles is 1. The number of amides is 1. The first kappa shape index (κ1) is 16.5. The second-order valence-corrected chi connectivity index (χ2v) is 8.16. The maximum atomic E-state index is 12.5. The predicted molar refractivity (Wildman–Crippen MR) is 98.1 cm³/mol. The molecule has 2 heterocycles. The highest BCUT2D eigenvalue weighted by molar-refractivity contribution is 7.18. The number of carbonyl (C=O) groups is 1. The number of nitrogens with zero attached hydrogens (tertiary/aromatic N) is 3. The number of fused-ring (bicyclic) bond motifs is 1. The number of likely N-dealkylation sites (tertiary alicyclic amines) is 1. The molecule has 4 rings (SSSR count). The van der Waals surface area contributed by atoms with E-state index in [0.717, 1.165) is 55.6 Å². The summed E-state index contributed by atoms with van der Waals surface area (Å²) in [4.78, 5) is 19.5. The van der Waals surface area contributed by atoms with Crippen molar-refractivity contribution in [1.82, 2.24) is 15.2 Å². The van der Waals surface area contributed by atoms with Crippen molar-refractivity contribution in [2.24, 2.45) is 0 Å². The molecule has 0 spiro atoms. The summed E-state index contributed by atoms with van der Waals surface area (Å²) in [7, 11) is 0. The van der Waals surface area contributed by atoms with E-state index in [0.29, 0.717) is 6.54 Å². The van der Waals surface area contributed by atoms with Crippen LogP contribution in [0.5, 0.6) is 0 Å². The third-order valence-corrected chi connectivity index (χ3v) is 6.49. The van der Waals surface area contributed by atoms with Gasteiger partial charge in [0.05, 0.1) is 28.9 Å². The van der Waals surface area contributed by atoms with Gasteiger partial charge < -0.3 is 5.32 Å². The zero-order valence-corrected chi connectivity index (χ0v) is 15.0. The number of thiazole rings is 1. The summed E-state index contributed by atoms with van der Waals surface area (Å²) in [5, 5.41) is 13.6. The van der Waals surface area contributed by atoms with Crippen LogP contribution in [-0.4, -0.2) is 34.4 Å². The molecule has 2 fully saturated rings. The second-order valence-electron chi connectivity index (χ2n) is 7.10. The van der Waals surface area contributed by atoms with Crippen molar-refractivity contribution in [2.75, 3.05) is 13.1 Å². The summed E-state index contributed by atoms with van der Waals surface area (Å²) in [6.07, 6.45) is 5.71. The van der Waals surface area contributed by atoms with Crippen LogP contribution >= 0.6 is 11.3 Å². The van der Waals surface area contributed by atoms with E-state index in [4.69, 9.17) is 4.98 Å². The van der Waals surface area contributed by atoms with Gasteiger partial charge >= 0.3 is 0 Å². The number of carbonyl (C=O) groups excluding carboxylic acids is 1. The van der Waals surface area contributed by atoms with Gasteiger partial charge in [0, 0.05) is 0 Å². The molecule has 130 valence electrons. The lowest BCUT2D eigenvalue weighted by Crippen LogP contribution is -2.48. The fourth-order valence-corrected chi connectivity index (χ4v) is 5.20. The Bertz CT molecular complexity index is 785. The van der Waals surface area contributed by atoms with Crippen LogP contribution in [0.3, 0.4) is 0 Å². The number of rotatable bonds is 4. The van der Waals surface area contributed by atoms with Gasteiger partial charge in [-0.25, -0.2) is 4.98 Å². The molecule has 1 aromatic heterocycles. The SMILES string of the molecule is N#CC1(NC(=O)CN2CCC[C@H]2c2nc3ccccc3s2)CCCC1. The standard InChI is InChI=1S/C19H22N4OS/c20-13-19(9-3-4-10-19)22-17(24)12-23-11-5-7-15(23)18-21-14-6-1-2-8-16(14)25-18/h1-2,6,8,15H,3-5,7,9-12H2,(H,22,24)/t15-/m0/s1. The van der Waals surface area contributed by atoms with E-state index < -0.39 is 5.54 Å². The molecule has 5 nitrogen and oxygen atoms in total. The molecule has 1 aliphatic heterocycles. The number of nitrogens with one attached hydrogen (secondary N) is 1. The summed E-state index contributed by atoms with van der Waals surface area (Å²) in [6, 6.07) is 10.7. The van der Waals surface area contributed by atoms with Crippen molar-refractivity contribution >= 4 is 27.5 Å². The fraction of sp³-hybridized carbons (Fsp3) is 0.526. The Labute approximate surface area is 151 Å². The Morgan fingerprint density at radius 3 is 2.92 bits per heavy atom. The van der Waals surface area contributed by atoms with E-state index in [1.54, 1.807) is 11.3 Å². The lowest BCUT2D eigenvalue weighted by molar-refractivity contribution is -0.123. The smallest absolute Gasteiger partial charge is 0.235 e. The number of hydrogen-bond acceptors (Lipinski definition) is 5. The van der Waals surface area contributed by atoms with Crippen LogP contribution in [0.2, 0.25) is 0 Å². The van der Waals surface area contributed by atoms with Gasteiger partial charge in [0.1, 0.15) is 10.5 Å². The summed E-state index contributed by atoms with van der Waals surface area (Å²) in [5.74, 6) is -0.0311. The zero-order chi connectivity index (χ0) is 17.3. The molecule has 1 saturated heterocycles. The molecule has 1 aliphatic carbocycles. The van der Waals surface area contributed by atoms with E-state index in [1.165, 1.54) is 4.70 Å². The van der Waals surface area contributed by atoms with Gasteiger partial charge in [-0.3, -0.25) is 9.69 Å². The van der Waals surface area contributed by atoms with Crippen LogP contribution in [0.1, 0.15) is 49.6 Å². The van der Waals surface area contributed by atoms with Crippen LogP contribution in [0.25, 0.3) is 10.2 Å². The van der Waals surface area contributed by atoms with Gasteiger partial charge in [-0.2, -0.15) is 5.26 Å². The number of hydrogen-bond donors (Lipinski definition) is 1. The van der Waals surface area contributed by atoms with Crippen molar-refractivity contribution in [1.29, 1.82) is 5.26 Å². The van der Waals surface area contributed by atoms with Gasteiger partial charge in [0.2, 0.25) is 5.91 Å². The lowest BCUT2D eigenvalue weighted by atomic mass is 10.00. The first-order valence-electron chi connectivity index (χ1n) is 9.01. The van der Waals surface area contributed by atoms with E-state index >= 15 is 0 Å². The van der Waals surface area contributed by atoms with Crippen molar-refractivity contribution in [3.63, 3.8) is 0 Å². The minimum Gasteiger partial charge on any atom is -0.337 e. The molecule has 1 saturated carbocycles. The Balaban J connectivity index is 1.46. The third kappa shape index (κ3) is 3.26. The first-order chi connectivity index (χ1) is 12.2. The third-order valence-electron chi connectivity index (χ3n) is 5.36. The van der Waals surface area contributed by atoms with E-state index in [9.17, 15) is 10.1 Å². The molecular weight excluding hydrogens is 332 g/mol. The van der Waals surface area contributed by atoms with Crippen LogP contribution in [0.4, 0.5) is 0 Å².